The zero-order chi connectivity index (χ0) is 18.5. The number of ether oxygens (including phenoxy) is 2. The van der Waals surface area contributed by atoms with Gasteiger partial charge < -0.3 is 19.1 Å². The van der Waals surface area contributed by atoms with Crippen LogP contribution in [0.15, 0.2) is 47.0 Å². The molecule has 0 bridgehead atoms. The van der Waals surface area contributed by atoms with Gasteiger partial charge in [0.05, 0.1) is 17.2 Å². The van der Waals surface area contributed by atoms with E-state index in [9.17, 15) is 4.79 Å². The van der Waals surface area contributed by atoms with E-state index in [1.807, 2.05) is 19.1 Å². The first-order chi connectivity index (χ1) is 12.6. The number of nitrogens with zero attached hydrogens (tertiary/aromatic N) is 2. The lowest BCUT2D eigenvalue weighted by atomic mass is 10.2. The molecular weight excluding hydrogens is 360 g/mol. The van der Waals surface area contributed by atoms with Gasteiger partial charge in [-0.3, -0.25) is 0 Å². The smallest absolute Gasteiger partial charge is 0.341 e. The Morgan fingerprint density at radius 2 is 2.00 bits per heavy atom. The molecule has 1 aromatic heterocycles. The molecule has 7 nitrogen and oxygen atoms in total. The fourth-order valence-corrected chi connectivity index (χ4v) is 2.48. The van der Waals surface area contributed by atoms with E-state index in [1.54, 1.807) is 30.3 Å². The van der Waals surface area contributed by atoms with Gasteiger partial charge in [0.2, 0.25) is 5.82 Å². The molecule has 0 aliphatic rings. The Bertz CT molecular complexity index is 925. The van der Waals surface area contributed by atoms with Crippen LogP contribution in [0.25, 0.3) is 22.8 Å². The van der Waals surface area contributed by atoms with Crippen molar-refractivity contribution in [3.63, 3.8) is 0 Å². The molecule has 0 unspecified atom stereocenters. The van der Waals surface area contributed by atoms with E-state index in [0.717, 1.165) is 0 Å². The quantitative estimate of drug-likeness (QED) is 0.669. The molecule has 1 heterocycles. The molecule has 0 saturated heterocycles. The van der Waals surface area contributed by atoms with Crippen LogP contribution >= 0.6 is 11.6 Å². The lowest BCUT2D eigenvalue weighted by Gasteiger charge is -2.11. The lowest BCUT2D eigenvalue weighted by Crippen LogP contribution is -2.10. The average Bonchev–Trinajstić information content (AvgIpc) is 3.11. The first kappa shape index (κ1) is 17.8. The third-order valence-electron chi connectivity index (χ3n) is 3.38. The van der Waals surface area contributed by atoms with Crippen LogP contribution in [0.3, 0.4) is 0 Å². The van der Waals surface area contributed by atoms with E-state index in [0.29, 0.717) is 46.0 Å². The largest absolute Gasteiger partial charge is 0.490 e. The highest BCUT2D eigenvalue weighted by atomic mass is 35.5. The predicted molar refractivity (Wildman–Crippen MR) is 94.5 cm³/mol. The Hall–Kier alpha value is -3.06. The number of hydrogen-bond donors (Lipinski definition) is 1. The molecule has 0 fully saturated rings. The minimum Gasteiger partial charge on any atom is -0.490 e. The van der Waals surface area contributed by atoms with E-state index in [2.05, 4.69) is 10.1 Å². The van der Waals surface area contributed by atoms with E-state index >= 15 is 0 Å². The summed E-state index contributed by atoms with van der Waals surface area (Å²) in [4.78, 5) is 15.1. The van der Waals surface area contributed by atoms with E-state index in [4.69, 9.17) is 30.7 Å². The third kappa shape index (κ3) is 3.94. The second-order valence-corrected chi connectivity index (χ2v) is 5.59. The molecule has 0 aliphatic carbocycles. The number of rotatable bonds is 7. The van der Waals surface area contributed by atoms with E-state index < -0.39 is 12.6 Å². The maximum absolute atomic E-state index is 10.7. The zero-order valence-electron chi connectivity index (χ0n) is 13.8. The van der Waals surface area contributed by atoms with Crippen LogP contribution in [0.5, 0.6) is 11.5 Å². The number of aromatic nitrogens is 2. The van der Waals surface area contributed by atoms with E-state index in [-0.39, 0.29) is 0 Å². The first-order valence-corrected chi connectivity index (χ1v) is 8.16. The lowest BCUT2D eigenvalue weighted by molar-refractivity contribution is -0.139. The fraction of sp³-hybridized carbons (Fsp3) is 0.167. The third-order valence-corrected chi connectivity index (χ3v) is 3.71. The van der Waals surface area contributed by atoms with Crippen LogP contribution in [0.1, 0.15) is 6.92 Å². The van der Waals surface area contributed by atoms with Gasteiger partial charge in [-0.25, -0.2) is 4.79 Å². The minimum absolute atomic E-state index is 0.301. The molecule has 1 N–H and O–H groups in total. The number of carbonyl (C=O) groups is 1. The second-order valence-electron chi connectivity index (χ2n) is 5.18. The van der Waals surface area contributed by atoms with Gasteiger partial charge in [-0.1, -0.05) is 28.9 Å². The van der Waals surface area contributed by atoms with Gasteiger partial charge in [-0.2, -0.15) is 4.98 Å². The van der Waals surface area contributed by atoms with Gasteiger partial charge in [-0.15, -0.1) is 0 Å². The summed E-state index contributed by atoms with van der Waals surface area (Å²) in [6, 6.07) is 12.1. The van der Waals surface area contributed by atoms with Gasteiger partial charge in [0, 0.05) is 5.56 Å². The maximum atomic E-state index is 10.7. The summed E-state index contributed by atoms with van der Waals surface area (Å²) in [5.41, 5.74) is 1.28. The summed E-state index contributed by atoms with van der Waals surface area (Å²) in [5.74, 6) is 0.308. The van der Waals surface area contributed by atoms with Crippen molar-refractivity contribution in [3.05, 3.63) is 47.5 Å². The molecule has 2 aromatic carbocycles. The monoisotopic (exact) mass is 374 g/mol. The topological polar surface area (TPSA) is 94.7 Å². The van der Waals surface area contributed by atoms with E-state index in [1.165, 1.54) is 0 Å². The fourth-order valence-electron chi connectivity index (χ4n) is 2.26. The van der Waals surface area contributed by atoms with Crippen LogP contribution in [-0.2, 0) is 4.79 Å². The summed E-state index contributed by atoms with van der Waals surface area (Å²) in [6.45, 7) is 1.75. The van der Waals surface area contributed by atoms with Crippen LogP contribution in [-0.4, -0.2) is 34.4 Å². The van der Waals surface area contributed by atoms with Crippen LogP contribution in [0.2, 0.25) is 5.02 Å². The summed E-state index contributed by atoms with van der Waals surface area (Å²) in [5, 5.41) is 13.2. The molecule has 134 valence electrons. The molecule has 3 rings (SSSR count). The number of carboxylic acid groups (broad SMARTS) is 1. The Kier molecular flexibility index (Phi) is 5.38. The standard InChI is InChI=1S/C18H15ClN2O5/c1-2-24-15-9-11(7-8-14(15)25-10-16(22)23)17-20-18(26-21-17)12-5-3-4-6-13(12)19/h3-9H,2,10H2,1H3,(H,22,23). The van der Waals surface area contributed by atoms with Crippen molar-refractivity contribution >= 4 is 17.6 Å². The van der Waals surface area contributed by atoms with Crippen LogP contribution < -0.4 is 9.47 Å². The van der Waals surface area contributed by atoms with Gasteiger partial charge in [0.25, 0.3) is 5.89 Å². The summed E-state index contributed by atoms with van der Waals surface area (Å²) in [7, 11) is 0. The van der Waals surface area contributed by atoms with Crippen molar-refractivity contribution < 1.29 is 23.9 Å². The number of benzene rings is 2. The Balaban J connectivity index is 1.91. The van der Waals surface area contributed by atoms with Gasteiger partial charge in [-0.05, 0) is 37.3 Å². The predicted octanol–water partition coefficient (Wildman–Crippen LogP) is 3.92. The number of aliphatic carboxylic acids is 1. The highest BCUT2D eigenvalue weighted by molar-refractivity contribution is 6.33. The molecule has 0 amide bonds. The van der Waals surface area contributed by atoms with Crippen molar-refractivity contribution in [2.24, 2.45) is 0 Å². The number of carboxylic acids is 1. The van der Waals surface area contributed by atoms with Gasteiger partial charge in [0.1, 0.15) is 0 Å². The second kappa shape index (κ2) is 7.88. The molecule has 3 aromatic rings. The molecule has 0 radical (unpaired) electrons. The summed E-state index contributed by atoms with van der Waals surface area (Å²) in [6.07, 6.45) is 0. The normalized spacial score (nSPS) is 10.5. The molecular formula is C18H15ClN2O5. The highest BCUT2D eigenvalue weighted by Crippen LogP contribution is 2.33. The Morgan fingerprint density at radius 3 is 2.73 bits per heavy atom. The van der Waals surface area contributed by atoms with Gasteiger partial charge >= 0.3 is 5.97 Å². The maximum Gasteiger partial charge on any atom is 0.341 e. The molecule has 0 aliphatic heterocycles. The average molecular weight is 375 g/mol. The summed E-state index contributed by atoms with van der Waals surface area (Å²) < 4.78 is 16.0. The van der Waals surface area contributed by atoms with Crippen molar-refractivity contribution in [1.82, 2.24) is 10.1 Å². The molecule has 0 spiro atoms. The minimum atomic E-state index is -1.07. The number of hydrogen-bond acceptors (Lipinski definition) is 6. The molecule has 8 heteroatoms. The first-order valence-electron chi connectivity index (χ1n) is 7.79. The van der Waals surface area contributed by atoms with Crippen molar-refractivity contribution in [1.29, 1.82) is 0 Å². The molecule has 0 atom stereocenters. The SMILES string of the molecule is CCOc1cc(-c2noc(-c3ccccc3Cl)n2)ccc1OCC(=O)O. The Morgan fingerprint density at radius 1 is 1.19 bits per heavy atom. The van der Waals surface area contributed by atoms with Gasteiger partial charge in [0.15, 0.2) is 18.1 Å². The van der Waals surface area contributed by atoms with Crippen molar-refractivity contribution in [2.75, 3.05) is 13.2 Å². The highest BCUT2D eigenvalue weighted by Gasteiger charge is 2.15. The zero-order valence-corrected chi connectivity index (χ0v) is 14.6. The molecule has 0 saturated carbocycles. The van der Waals surface area contributed by atoms with Crippen molar-refractivity contribution in [3.8, 4) is 34.3 Å². The van der Waals surface area contributed by atoms with Crippen LogP contribution in [0.4, 0.5) is 0 Å². The number of halogens is 1. The molecule has 26 heavy (non-hydrogen) atoms. The Labute approximate surface area is 154 Å². The van der Waals surface area contributed by atoms with Crippen molar-refractivity contribution in [2.45, 2.75) is 6.92 Å². The van der Waals surface area contributed by atoms with Crippen LogP contribution in [0, 0.1) is 0 Å². The summed E-state index contributed by atoms with van der Waals surface area (Å²) >= 11 is 6.15.